The normalized spacial score (nSPS) is 15.7. The summed E-state index contributed by atoms with van der Waals surface area (Å²) in [7, 11) is 0. The third kappa shape index (κ3) is 3.56. The van der Waals surface area contributed by atoms with Crippen LogP contribution < -0.4 is 0 Å². The monoisotopic (exact) mass is 678 g/mol. The molecule has 0 fully saturated rings. The molecule has 0 saturated heterocycles. The third-order valence-corrected chi connectivity index (χ3v) is 12.7. The molecule has 52 heavy (non-hydrogen) atoms. The average molecular weight is 679 g/mol. The second-order valence-corrected chi connectivity index (χ2v) is 15.1. The smallest absolute Gasteiger partial charge is 0.0764 e. The van der Waals surface area contributed by atoms with Gasteiger partial charge in [0.15, 0.2) is 0 Å². The summed E-state index contributed by atoms with van der Waals surface area (Å²) >= 11 is 1.90. The largest absolute Gasteiger partial charge is 0.309 e. The Bertz CT molecular complexity index is 3110. The molecule has 1 atom stereocenters. The van der Waals surface area contributed by atoms with Crippen molar-refractivity contribution in [2.75, 3.05) is 0 Å². The van der Waals surface area contributed by atoms with Crippen molar-refractivity contribution in [2.24, 2.45) is 0 Å². The van der Waals surface area contributed by atoms with E-state index >= 15 is 0 Å². The molecule has 2 aromatic heterocycles. The fourth-order valence-corrected chi connectivity index (χ4v) is 10.7. The third-order valence-electron chi connectivity index (χ3n) is 11.6. The van der Waals surface area contributed by atoms with Crippen molar-refractivity contribution < 1.29 is 0 Å². The van der Waals surface area contributed by atoms with E-state index in [2.05, 4.69) is 191 Å². The molecule has 8 aromatic carbocycles. The van der Waals surface area contributed by atoms with Crippen molar-refractivity contribution in [1.29, 1.82) is 0 Å². The molecule has 2 aliphatic rings. The number of para-hydroxylation sites is 5. The van der Waals surface area contributed by atoms with Gasteiger partial charge in [0.25, 0.3) is 0 Å². The van der Waals surface area contributed by atoms with Gasteiger partial charge in [-0.25, -0.2) is 0 Å². The molecule has 0 bridgehead atoms. The van der Waals surface area contributed by atoms with Crippen molar-refractivity contribution in [3.63, 3.8) is 0 Å². The van der Waals surface area contributed by atoms with Gasteiger partial charge in [-0.1, -0.05) is 145 Å². The summed E-state index contributed by atoms with van der Waals surface area (Å²) in [5.41, 5.74) is 14.8. The highest BCUT2D eigenvalue weighted by Gasteiger charge is 2.49. The fraction of sp³-hybridized carbons (Fsp3) is 0.0204. The van der Waals surface area contributed by atoms with E-state index in [1.807, 2.05) is 11.8 Å². The predicted molar refractivity (Wildman–Crippen MR) is 217 cm³/mol. The van der Waals surface area contributed by atoms with Gasteiger partial charge in [-0.3, -0.25) is 0 Å². The number of hydrogen-bond acceptors (Lipinski definition) is 1. The summed E-state index contributed by atoms with van der Waals surface area (Å²) in [6.45, 7) is 0. The lowest BCUT2D eigenvalue weighted by Crippen LogP contribution is -2.37. The Balaban J connectivity index is 1.14. The van der Waals surface area contributed by atoms with E-state index in [0.29, 0.717) is 0 Å². The highest BCUT2D eigenvalue weighted by Crippen LogP contribution is 2.60. The van der Waals surface area contributed by atoms with Crippen LogP contribution in [0.3, 0.4) is 0 Å². The van der Waals surface area contributed by atoms with E-state index in [0.717, 1.165) is 0 Å². The quantitative estimate of drug-likeness (QED) is 0.177. The topological polar surface area (TPSA) is 9.86 Å². The van der Waals surface area contributed by atoms with E-state index < -0.39 is 5.41 Å². The first-order valence-corrected chi connectivity index (χ1v) is 18.8. The molecular weight excluding hydrogens is 649 g/mol. The minimum Gasteiger partial charge on any atom is -0.309 e. The summed E-state index contributed by atoms with van der Waals surface area (Å²) in [6.07, 6.45) is 0. The zero-order valence-electron chi connectivity index (χ0n) is 28.1. The van der Waals surface area contributed by atoms with Gasteiger partial charge in [-0.05, 0) is 81.9 Å². The molecule has 2 nitrogen and oxygen atoms in total. The minimum atomic E-state index is -0.472. The van der Waals surface area contributed by atoms with Crippen LogP contribution in [0.25, 0.3) is 66.1 Å². The van der Waals surface area contributed by atoms with Gasteiger partial charge in [-0.2, -0.15) is 0 Å². The lowest BCUT2D eigenvalue weighted by molar-refractivity contribution is 0.690. The van der Waals surface area contributed by atoms with Gasteiger partial charge < -0.3 is 9.13 Å². The molecule has 12 rings (SSSR count). The van der Waals surface area contributed by atoms with Crippen molar-refractivity contribution >= 4 is 55.4 Å². The highest BCUT2D eigenvalue weighted by atomic mass is 32.2. The van der Waals surface area contributed by atoms with Crippen molar-refractivity contribution in [1.82, 2.24) is 9.13 Å². The summed E-state index contributed by atoms with van der Waals surface area (Å²) in [5, 5.41) is 5.14. The van der Waals surface area contributed by atoms with Crippen molar-refractivity contribution in [3.05, 3.63) is 204 Å². The number of benzene rings is 8. The molecule has 0 amide bonds. The number of fused-ring (bicyclic) bond motifs is 14. The Morgan fingerprint density at radius 3 is 1.83 bits per heavy atom. The molecule has 0 saturated carbocycles. The van der Waals surface area contributed by atoms with Crippen LogP contribution in [0.15, 0.2) is 192 Å². The van der Waals surface area contributed by atoms with E-state index in [4.69, 9.17) is 0 Å². The van der Waals surface area contributed by atoms with Crippen molar-refractivity contribution in [2.45, 2.75) is 15.2 Å². The first-order valence-electron chi connectivity index (χ1n) is 17.9. The van der Waals surface area contributed by atoms with Gasteiger partial charge in [0, 0.05) is 37.0 Å². The summed E-state index contributed by atoms with van der Waals surface area (Å²) in [6, 6.07) is 67.7. The molecule has 0 N–H and O–H groups in total. The maximum Gasteiger partial charge on any atom is 0.0764 e. The second-order valence-electron chi connectivity index (χ2n) is 14.1. The Morgan fingerprint density at radius 2 is 0.962 bits per heavy atom. The lowest BCUT2D eigenvalue weighted by atomic mass is 9.62. The van der Waals surface area contributed by atoms with E-state index in [1.165, 1.54) is 98.2 Å². The van der Waals surface area contributed by atoms with E-state index in [-0.39, 0.29) is 0 Å². The zero-order valence-corrected chi connectivity index (χ0v) is 28.9. The van der Waals surface area contributed by atoms with Crippen LogP contribution in [0.5, 0.6) is 0 Å². The van der Waals surface area contributed by atoms with Crippen LogP contribution in [-0.4, -0.2) is 9.13 Å². The van der Waals surface area contributed by atoms with E-state index in [9.17, 15) is 0 Å². The molecule has 1 spiro atoms. The second kappa shape index (κ2) is 10.4. The Morgan fingerprint density at radius 1 is 0.365 bits per heavy atom. The Hall–Kier alpha value is -6.29. The van der Waals surface area contributed by atoms with Crippen molar-refractivity contribution in [3.8, 4) is 22.5 Å². The van der Waals surface area contributed by atoms with Crippen LogP contribution >= 0.6 is 11.8 Å². The Labute approximate surface area is 305 Å². The molecule has 10 aromatic rings. The van der Waals surface area contributed by atoms with Crippen LogP contribution in [0.2, 0.25) is 0 Å². The summed E-state index contributed by atoms with van der Waals surface area (Å²) in [4.78, 5) is 2.61. The molecule has 242 valence electrons. The maximum absolute atomic E-state index is 2.51. The summed E-state index contributed by atoms with van der Waals surface area (Å²) in [5.74, 6) is 0. The molecule has 2 aliphatic heterocycles. The molecule has 3 heteroatoms. The highest BCUT2D eigenvalue weighted by molar-refractivity contribution is 7.99. The number of nitrogens with zero attached hydrogens (tertiary/aromatic N) is 2. The van der Waals surface area contributed by atoms with Gasteiger partial charge in [0.2, 0.25) is 0 Å². The lowest BCUT2D eigenvalue weighted by Gasteiger charge is -2.45. The van der Waals surface area contributed by atoms with Crippen LogP contribution in [0.1, 0.15) is 22.3 Å². The SMILES string of the molecule is c1ccc(-n2c3ccccc3c3ccc(-c4ccc5c(c4)Sc4ccccc4C54c5ccccc5-n5c6ccccc6c6cccc4c65)cc32)cc1. The molecular formula is C49H30N2S. The molecule has 0 aliphatic carbocycles. The van der Waals surface area contributed by atoms with E-state index in [1.54, 1.807) is 0 Å². The molecule has 4 heterocycles. The number of aromatic nitrogens is 2. The van der Waals surface area contributed by atoms with Crippen LogP contribution in [-0.2, 0) is 5.41 Å². The predicted octanol–water partition coefficient (Wildman–Crippen LogP) is 12.7. The number of rotatable bonds is 2. The van der Waals surface area contributed by atoms with Gasteiger partial charge in [0.1, 0.15) is 0 Å². The van der Waals surface area contributed by atoms with Crippen LogP contribution in [0, 0.1) is 0 Å². The van der Waals surface area contributed by atoms with Gasteiger partial charge >= 0.3 is 0 Å². The average Bonchev–Trinajstić information content (AvgIpc) is 3.73. The fourth-order valence-electron chi connectivity index (χ4n) is 9.51. The zero-order chi connectivity index (χ0) is 34.0. The Kier molecular flexibility index (Phi) is 5.67. The maximum atomic E-state index is 2.51. The molecule has 1 unspecified atom stereocenters. The standard InChI is InChI=1S/C49H30N2S/c1-2-13-33(14-3-1)50-42-21-8-4-15-34(42)36-27-25-31(29-45(36)50)32-26-28-40-47(30-32)52-46-24-11-7-19-39(46)49(40)38-18-6-10-23-44(38)51-43-22-9-5-16-35(43)37-17-12-20-41(49)48(37)51/h1-30H. The van der Waals surface area contributed by atoms with Gasteiger partial charge in [0.05, 0.1) is 33.2 Å². The minimum absolute atomic E-state index is 0.472. The first-order chi connectivity index (χ1) is 25.8. The summed E-state index contributed by atoms with van der Waals surface area (Å²) < 4.78 is 4.92. The first kappa shape index (κ1) is 28.4. The van der Waals surface area contributed by atoms with Gasteiger partial charge in [-0.15, -0.1) is 0 Å². The molecule has 0 radical (unpaired) electrons. The number of hydrogen-bond donors (Lipinski definition) is 0. The van der Waals surface area contributed by atoms with Crippen LogP contribution in [0.4, 0.5) is 0 Å².